The highest BCUT2D eigenvalue weighted by Gasteiger charge is 2.44. The van der Waals surface area contributed by atoms with Crippen LogP contribution >= 0.6 is 0 Å². The SMILES string of the molecule is Cc1ccccc1C(=O)NC(C(=O)Nc1ccc2c(c1)OC1(CCCC1)O2)C(C)C. The molecule has 1 heterocycles. The molecule has 1 fully saturated rings. The summed E-state index contributed by atoms with van der Waals surface area (Å²) in [5.74, 6) is 0.237. The van der Waals surface area contributed by atoms with Crippen LogP contribution in [-0.2, 0) is 4.79 Å². The number of carbonyl (C=O) groups excluding carboxylic acids is 2. The van der Waals surface area contributed by atoms with Crippen molar-refractivity contribution >= 4 is 17.5 Å². The molecule has 2 amide bonds. The van der Waals surface area contributed by atoms with Gasteiger partial charge in [0.05, 0.1) is 0 Å². The maximum absolute atomic E-state index is 13.0. The predicted octanol–water partition coefficient (Wildman–Crippen LogP) is 4.43. The van der Waals surface area contributed by atoms with Crippen LogP contribution in [0.15, 0.2) is 42.5 Å². The number of amides is 2. The van der Waals surface area contributed by atoms with E-state index in [4.69, 9.17) is 9.47 Å². The number of hydrogen-bond donors (Lipinski definition) is 2. The number of nitrogens with one attached hydrogen (secondary N) is 2. The van der Waals surface area contributed by atoms with E-state index in [0.29, 0.717) is 22.7 Å². The number of fused-ring (bicyclic) bond motifs is 1. The van der Waals surface area contributed by atoms with Crippen molar-refractivity contribution in [3.8, 4) is 11.5 Å². The summed E-state index contributed by atoms with van der Waals surface area (Å²) in [6.45, 7) is 5.70. The largest absolute Gasteiger partial charge is 0.448 e. The Morgan fingerprint density at radius 3 is 2.40 bits per heavy atom. The average Bonchev–Trinajstić information content (AvgIpc) is 3.31. The van der Waals surface area contributed by atoms with Gasteiger partial charge in [0.1, 0.15) is 6.04 Å². The minimum absolute atomic E-state index is 0.0752. The fourth-order valence-corrected chi connectivity index (χ4v) is 4.09. The van der Waals surface area contributed by atoms with E-state index < -0.39 is 11.8 Å². The Hall–Kier alpha value is -3.02. The van der Waals surface area contributed by atoms with Gasteiger partial charge in [-0.05, 0) is 49.4 Å². The average molecular weight is 408 g/mol. The van der Waals surface area contributed by atoms with E-state index in [9.17, 15) is 9.59 Å². The number of benzene rings is 2. The summed E-state index contributed by atoms with van der Waals surface area (Å²) in [6.07, 6.45) is 3.94. The highest BCUT2D eigenvalue weighted by Crippen LogP contribution is 2.47. The van der Waals surface area contributed by atoms with Crippen molar-refractivity contribution in [3.05, 3.63) is 53.6 Å². The fourth-order valence-electron chi connectivity index (χ4n) is 4.09. The lowest BCUT2D eigenvalue weighted by atomic mass is 10.0. The zero-order chi connectivity index (χ0) is 21.3. The van der Waals surface area contributed by atoms with E-state index in [0.717, 1.165) is 31.2 Å². The first kappa shape index (κ1) is 20.3. The molecule has 1 unspecified atom stereocenters. The second-order valence-corrected chi connectivity index (χ2v) is 8.48. The number of hydrogen-bond acceptors (Lipinski definition) is 4. The van der Waals surface area contributed by atoms with Crippen molar-refractivity contribution in [2.24, 2.45) is 5.92 Å². The smallest absolute Gasteiger partial charge is 0.252 e. The molecular formula is C24H28N2O4. The molecule has 2 aromatic carbocycles. The molecule has 0 saturated heterocycles. The lowest BCUT2D eigenvalue weighted by Crippen LogP contribution is -2.47. The molecule has 0 bridgehead atoms. The van der Waals surface area contributed by atoms with E-state index in [-0.39, 0.29) is 17.7 Å². The Kier molecular flexibility index (Phi) is 5.41. The molecule has 6 heteroatoms. The van der Waals surface area contributed by atoms with E-state index in [1.165, 1.54) is 0 Å². The molecule has 6 nitrogen and oxygen atoms in total. The monoisotopic (exact) mass is 408 g/mol. The molecule has 1 atom stereocenters. The molecule has 4 rings (SSSR count). The minimum atomic E-state index is -0.663. The Morgan fingerprint density at radius 1 is 1.00 bits per heavy atom. The lowest BCUT2D eigenvalue weighted by Gasteiger charge is -2.22. The summed E-state index contributed by atoms with van der Waals surface area (Å²) in [5, 5.41) is 5.79. The number of aryl methyl sites for hydroxylation is 1. The quantitative estimate of drug-likeness (QED) is 0.767. The first-order valence-corrected chi connectivity index (χ1v) is 10.6. The molecule has 0 radical (unpaired) electrons. The molecular weight excluding hydrogens is 380 g/mol. The molecule has 30 heavy (non-hydrogen) atoms. The predicted molar refractivity (Wildman–Crippen MR) is 115 cm³/mol. The lowest BCUT2D eigenvalue weighted by molar-refractivity contribution is -0.118. The van der Waals surface area contributed by atoms with Crippen LogP contribution in [0.2, 0.25) is 0 Å². The van der Waals surface area contributed by atoms with Crippen LogP contribution in [0.4, 0.5) is 5.69 Å². The van der Waals surface area contributed by atoms with E-state index in [1.807, 2.05) is 45.0 Å². The van der Waals surface area contributed by atoms with Crippen molar-refractivity contribution in [2.75, 3.05) is 5.32 Å². The molecule has 2 aromatic rings. The minimum Gasteiger partial charge on any atom is -0.448 e. The van der Waals surface area contributed by atoms with Crippen molar-refractivity contribution in [2.45, 2.75) is 58.3 Å². The zero-order valence-electron chi connectivity index (χ0n) is 17.7. The Morgan fingerprint density at radius 2 is 1.70 bits per heavy atom. The molecule has 1 aliphatic carbocycles. The van der Waals surface area contributed by atoms with Crippen molar-refractivity contribution in [1.29, 1.82) is 0 Å². The van der Waals surface area contributed by atoms with Gasteiger partial charge >= 0.3 is 0 Å². The standard InChI is InChI=1S/C24H28N2O4/c1-15(2)21(26-22(27)18-9-5-4-8-16(18)3)23(28)25-17-10-11-19-20(14-17)30-24(29-19)12-6-7-13-24/h4-5,8-11,14-15,21H,6-7,12-13H2,1-3H3,(H,25,28)(H,26,27). The maximum Gasteiger partial charge on any atom is 0.252 e. The van der Waals surface area contributed by atoms with Gasteiger partial charge < -0.3 is 20.1 Å². The highest BCUT2D eigenvalue weighted by molar-refractivity contribution is 6.02. The van der Waals surface area contributed by atoms with Crippen LogP contribution in [0.3, 0.4) is 0 Å². The summed E-state index contributed by atoms with van der Waals surface area (Å²) < 4.78 is 12.1. The van der Waals surface area contributed by atoms with E-state index in [2.05, 4.69) is 10.6 Å². The van der Waals surface area contributed by atoms with Gasteiger partial charge in [-0.15, -0.1) is 0 Å². The molecule has 1 aliphatic heterocycles. The molecule has 2 aliphatic rings. The van der Waals surface area contributed by atoms with Crippen LogP contribution in [0.25, 0.3) is 0 Å². The van der Waals surface area contributed by atoms with Crippen LogP contribution in [0, 0.1) is 12.8 Å². The normalized spacial score (nSPS) is 17.2. The highest BCUT2D eigenvalue weighted by atomic mass is 16.7. The number of rotatable bonds is 5. The van der Waals surface area contributed by atoms with Crippen LogP contribution in [0.5, 0.6) is 11.5 Å². The van der Waals surface area contributed by atoms with Crippen molar-refractivity contribution in [1.82, 2.24) is 5.32 Å². The molecule has 158 valence electrons. The molecule has 1 saturated carbocycles. The van der Waals surface area contributed by atoms with E-state index >= 15 is 0 Å². The van der Waals surface area contributed by atoms with Crippen LogP contribution in [-0.4, -0.2) is 23.6 Å². The van der Waals surface area contributed by atoms with Gasteiger partial charge in [0.2, 0.25) is 5.91 Å². The third kappa shape index (κ3) is 3.99. The summed E-state index contributed by atoms with van der Waals surface area (Å²) in [5.41, 5.74) is 2.06. The Balaban J connectivity index is 1.45. The molecule has 1 spiro atoms. The third-order valence-electron chi connectivity index (χ3n) is 5.79. The van der Waals surface area contributed by atoms with E-state index in [1.54, 1.807) is 18.2 Å². The third-order valence-corrected chi connectivity index (χ3v) is 5.79. The second-order valence-electron chi connectivity index (χ2n) is 8.48. The number of anilines is 1. The van der Waals surface area contributed by atoms with Gasteiger partial charge in [-0.3, -0.25) is 9.59 Å². The van der Waals surface area contributed by atoms with Gasteiger partial charge in [0, 0.05) is 30.2 Å². The molecule has 0 aromatic heterocycles. The van der Waals surface area contributed by atoms with Gasteiger partial charge in [-0.2, -0.15) is 0 Å². The first-order valence-electron chi connectivity index (χ1n) is 10.6. The van der Waals surface area contributed by atoms with Crippen molar-refractivity contribution < 1.29 is 19.1 Å². The number of carbonyl (C=O) groups is 2. The molecule has 2 N–H and O–H groups in total. The van der Waals surface area contributed by atoms with Crippen molar-refractivity contribution in [3.63, 3.8) is 0 Å². The Bertz CT molecular complexity index is 963. The summed E-state index contributed by atoms with van der Waals surface area (Å²) in [6, 6.07) is 12.1. The van der Waals surface area contributed by atoms with Gasteiger partial charge in [0.15, 0.2) is 11.5 Å². The fraction of sp³-hybridized carbons (Fsp3) is 0.417. The number of ether oxygens (including phenoxy) is 2. The van der Waals surface area contributed by atoms with Gasteiger partial charge in [0.25, 0.3) is 11.7 Å². The van der Waals surface area contributed by atoms with Gasteiger partial charge in [-0.1, -0.05) is 32.0 Å². The van der Waals surface area contributed by atoms with Crippen LogP contribution in [0.1, 0.15) is 55.5 Å². The summed E-state index contributed by atoms with van der Waals surface area (Å²) in [7, 11) is 0. The second kappa shape index (κ2) is 8.01. The summed E-state index contributed by atoms with van der Waals surface area (Å²) in [4.78, 5) is 25.7. The zero-order valence-corrected chi connectivity index (χ0v) is 17.7. The maximum atomic E-state index is 13.0. The topological polar surface area (TPSA) is 76.7 Å². The Labute approximate surface area is 177 Å². The van der Waals surface area contributed by atoms with Gasteiger partial charge in [-0.25, -0.2) is 0 Å². The summed E-state index contributed by atoms with van der Waals surface area (Å²) >= 11 is 0. The van der Waals surface area contributed by atoms with Crippen LogP contribution < -0.4 is 20.1 Å². The first-order chi connectivity index (χ1) is 14.4.